The zero-order valence-corrected chi connectivity index (χ0v) is 17.8. The molecule has 0 spiro atoms. The molecule has 0 amide bonds. The minimum Gasteiger partial charge on any atom is -0.338 e. The zero-order chi connectivity index (χ0) is 21.3. The molecule has 2 heterocycles. The van der Waals surface area contributed by atoms with Gasteiger partial charge in [0.2, 0.25) is 21.7 Å². The molecule has 7 nitrogen and oxygen atoms in total. The van der Waals surface area contributed by atoms with Gasteiger partial charge in [0.15, 0.2) is 0 Å². The Kier molecular flexibility index (Phi) is 5.88. The van der Waals surface area contributed by atoms with Crippen LogP contribution in [0.15, 0.2) is 51.9 Å². The summed E-state index contributed by atoms with van der Waals surface area (Å²) in [5, 5.41) is 4.17. The van der Waals surface area contributed by atoms with E-state index in [2.05, 4.69) is 10.1 Å². The minimum absolute atomic E-state index is 0.154. The molecule has 30 heavy (non-hydrogen) atoms. The highest BCUT2D eigenvalue weighted by atomic mass is 35.5. The van der Waals surface area contributed by atoms with Crippen LogP contribution in [0.1, 0.15) is 11.5 Å². The van der Waals surface area contributed by atoms with Crippen LogP contribution < -0.4 is 0 Å². The molecule has 158 valence electrons. The summed E-state index contributed by atoms with van der Waals surface area (Å²) in [4.78, 5) is 6.09. The van der Waals surface area contributed by atoms with Gasteiger partial charge in [0.1, 0.15) is 10.7 Å². The molecule has 2 aromatic carbocycles. The van der Waals surface area contributed by atoms with Crippen molar-refractivity contribution in [1.29, 1.82) is 0 Å². The van der Waals surface area contributed by atoms with E-state index in [1.165, 1.54) is 16.4 Å². The fourth-order valence-corrected chi connectivity index (χ4v) is 4.91. The average molecular weight is 451 g/mol. The summed E-state index contributed by atoms with van der Waals surface area (Å²) in [6.07, 6.45) is 0. The van der Waals surface area contributed by atoms with Gasteiger partial charge in [-0.15, -0.1) is 0 Å². The molecule has 0 aliphatic carbocycles. The quantitative estimate of drug-likeness (QED) is 0.593. The van der Waals surface area contributed by atoms with E-state index in [-0.39, 0.29) is 23.0 Å². The summed E-state index contributed by atoms with van der Waals surface area (Å²) in [6.45, 7) is 3.84. The third-order valence-electron chi connectivity index (χ3n) is 4.98. The van der Waals surface area contributed by atoms with Gasteiger partial charge in [0.05, 0.1) is 6.54 Å². The van der Waals surface area contributed by atoms with Gasteiger partial charge >= 0.3 is 0 Å². The first-order valence-corrected chi connectivity index (χ1v) is 11.2. The van der Waals surface area contributed by atoms with Gasteiger partial charge in [0, 0.05) is 36.8 Å². The van der Waals surface area contributed by atoms with Crippen LogP contribution >= 0.6 is 11.6 Å². The summed E-state index contributed by atoms with van der Waals surface area (Å²) in [5.74, 6) is 0.134. The van der Waals surface area contributed by atoms with E-state index in [4.69, 9.17) is 16.1 Å². The lowest BCUT2D eigenvalue weighted by molar-refractivity contribution is 0.163. The standard InChI is InChI=1S/C20H20ClFN4O3S/c1-14-2-4-15(5-3-14)20-23-19(29-24-20)13-25-8-10-26(11-9-25)30(27,28)18-7-6-16(21)12-17(18)22/h2-7,12H,8-11,13H2,1H3. The Hall–Kier alpha value is -2.33. The van der Waals surface area contributed by atoms with Crippen LogP contribution in [0, 0.1) is 12.7 Å². The first-order chi connectivity index (χ1) is 14.3. The number of hydrogen-bond acceptors (Lipinski definition) is 6. The van der Waals surface area contributed by atoms with E-state index in [0.717, 1.165) is 17.2 Å². The lowest BCUT2D eigenvalue weighted by Gasteiger charge is -2.33. The number of aryl methyl sites for hydroxylation is 1. The van der Waals surface area contributed by atoms with Crippen molar-refractivity contribution in [3.8, 4) is 11.4 Å². The lowest BCUT2D eigenvalue weighted by atomic mass is 10.1. The smallest absolute Gasteiger partial charge is 0.246 e. The molecular formula is C20H20ClFN4O3S. The van der Waals surface area contributed by atoms with Gasteiger partial charge < -0.3 is 4.52 Å². The van der Waals surface area contributed by atoms with Crippen molar-refractivity contribution < 1.29 is 17.3 Å². The van der Waals surface area contributed by atoms with Crippen LogP contribution in [0.25, 0.3) is 11.4 Å². The Bertz CT molecular complexity index is 1140. The van der Waals surface area contributed by atoms with E-state index in [1.54, 1.807) is 0 Å². The van der Waals surface area contributed by atoms with E-state index in [9.17, 15) is 12.8 Å². The summed E-state index contributed by atoms with van der Waals surface area (Å²) >= 11 is 5.72. The molecule has 3 aromatic rings. The van der Waals surface area contributed by atoms with Crippen molar-refractivity contribution >= 4 is 21.6 Å². The molecule has 0 bridgehead atoms. The number of piperazine rings is 1. The maximum Gasteiger partial charge on any atom is 0.246 e. The molecule has 0 radical (unpaired) electrons. The molecule has 0 atom stereocenters. The molecule has 1 saturated heterocycles. The van der Waals surface area contributed by atoms with Crippen molar-refractivity contribution in [3.05, 3.63) is 64.8 Å². The Morgan fingerprint density at radius 1 is 1.10 bits per heavy atom. The highest BCUT2D eigenvalue weighted by Gasteiger charge is 2.31. The second-order valence-corrected chi connectivity index (χ2v) is 9.48. The summed E-state index contributed by atoms with van der Waals surface area (Å²) in [7, 11) is -3.92. The minimum atomic E-state index is -3.92. The molecule has 1 fully saturated rings. The van der Waals surface area contributed by atoms with Crippen LogP contribution in [-0.4, -0.2) is 53.9 Å². The summed E-state index contributed by atoms with van der Waals surface area (Å²) < 4.78 is 46.2. The number of hydrogen-bond donors (Lipinski definition) is 0. The van der Waals surface area contributed by atoms with Crippen LogP contribution in [0.5, 0.6) is 0 Å². The van der Waals surface area contributed by atoms with Gasteiger partial charge in [-0.3, -0.25) is 4.90 Å². The van der Waals surface area contributed by atoms with Gasteiger partial charge in [-0.1, -0.05) is 46.6 Å². The molecule has 0 N–H and O–H groups in total. The van der Waals surface area contributed by atoms with Crippen molar-refractivity contribution in [2.75, 3.05) is 26.2 Å². The van der Waals surface area contributed by atoms with Crippen molar-refractivity contribution in [1.82, 2.24) is 19.3 Å². The fraction of sp³-hybridized carbons (Fsp3) is 0.300. The lowest BCUT2D eigenvalue weighted by Crippen LogP contribution is -2.48. The third-order valence-corrected chi connectivity index (χ3v) is 7.15. The Morgan fingerprint density at radius 3 is 2.47 bits per heavy atom. The highest BCUT2D eigenvalue weighted by molar-refractivity contribution is 7.89. The molecule has 1 aliphatic heterocycles. The van der Waals surface area contributed by atoms with E-state index in [0.29, 0.717) is 31.3 Å². The first kappa shape index (κ1) is 20.9. The number of nitrogens with zero attached hydrogens (tertiary/aromatic N) is 4. The molecule has 0 unspecified atom stereocenters. The van der Waals surface area contributed by atoms with Crippen LogP contribution in [-0.2, 0) is 16.6 Å². The van der Waals surface area contributed by atoms with E-state index in [1.807, 2.05) is 36.1 Å². The predicted octanol–water partition coefficient (Wildman–Crippen LogP) is 3.34. The normalized spacial score (nSPS) is 16.1. The molecular weight excluding hydrogens is 431 g/mol. The maximum atomic E-state index is 14.1. The van der Waals surface area contributed by atoms with E-state index >= 15 is 0 Å². The molecule has 10 heteroatoms. The molecule has 1 aromatic heterocycles. The number of rotatable bonds is 5. The van der Waals surface area contributed by atoms with Gasteiger partial charge in [-0.2, -0.15) is 9.29 Å². The average Bonchev–Trinajstić information content (AvgIpc) is 3.17. The van der Waals surface area contributed by atoms with Crippen molar-refractivity contribution in [3.63, 3.8) is 0 Å². The summed E-state index contributed by atoms with van der Waals surface area (Å²) in [6, 6.07) is 11.4. The van der Waals surface area contributed by atoms with Gasteiger partial charge in [-0.25, -0.2) is 12.8 Å². The Morgan fingerprint density at radius 2 is 1.80 bits per heavy atom. The molecule has 0 saturated carbocycles. The fourth-order valence-electron chi connectivity index (χ4n) is 3.28. The zero-order valence-electron chi connectivity index (χ0n) is 16.3. The second-order valence-electron chi connectivity index (χ2n) is 7.13. The van der Waals surface area contributed by atoms with Crippen LogP contribution in [0.3, 0.4) is 0 Å². The van der Waals surface area contributed by atoms with E-state index < -0.39 is 15.8 Å². The molecule has 1 aliphatic rings. The van der Waals surface area contributed by atoms with Crippen molar-refractivity contribution in [2.45, 2.75) is 18.4 Å². The first-order valence-electron chi connectivity index (χ1n) is 9.40. The topological polar surface area (TPSA) is 79.5 Å². The largest absolute Gasteiger partial charge is 0.338 e. The highest BCUT2D eigenvalue weighted by Crippen LogP contribution is 2.24. The maximum absolute atomic E-state index is 14.1. The van der Waals surface area contributed by atoms with Crippen LogP contribution in [0.4, 0.5) is 4.39 Å². The monoisotopic (exact) mass is 450 g/mol. The molecule has 4 rings (SSSR count). The number of aromatic nitrogens is 2. The Labute approximate surface area is 179 Å². The number of halogens is 2. The second kappa shape index (κ2) is 8.43. The predicted molar refractivity (Wildman–Crippen MR) is 110 cm³/mol. The number of sulfonamides is 1. The van der Waals surface area contributed by atoms with Gasteiger partial charge in [-0.05, 0) is 25.1 Å². The SMILES string of the molecule is Cc1ccc(-c2noc(CN3CCN(S(=O)(=O)c4ccc(Cl)cc4F)CC3)n2)cc1. The van der Waals surface area contributed by atoms with Gasteiger partial charge in [0.25, 0.3) is 0 Å². The Balaban J connectivity index is 1.38. The third kappa shape index (κ3) is 4.39. The summed E-state index contributed by atoms with van der Waals surface area (Å²) in [5.41, 5.74) is 2.02. The number of benzene rings is 2. The van der Waals surface area contributed by atoms with Crippen molar-refractivity contribution in [2.24, 2.45) is 0 Å². The van der Waals surface area contributed by atoms with Crippen LogP contribution in [0.2, 0.25) is 5.02 Å².